The van der Waals surface area contributed by atoms with Crippen LogP contribution >= 0.6 is 15.9 Å². The van der Waals surface area contributed by atoms with Gasteiger partial charge in [-0.15, -0.1) is 0 Å². The molecule has 22 heavy (non-hydrogen) atoms. The second-order valence-electron chi connectivity index (χ2n) is 6.40. The molecule has 1 aromatic rings. The molecule has 0 spiro atoms. The first-order valence-electron chi connectivity index (χ1n) is 8.36. The number of benzene rings is 1. The fraction of sp³-hybridized carbons (Fsp3) is 0.667. The Morgan fingerprint density at radius 2 is 1.73 bits per heavy atom. The van der Waals surface area contributed by atoms with Crippen molar-refractivity contribution < 1.29 is 14.2 Å². The smallest absolute Gasteiger partial charge is 0.162 e. The Kier molecular flexibility index (Phi) is 5.91. The summed E-state index contributed by atoms with van der Waals surface area (Å²) in [7, 11) is 0. The van der Waals surface area contributed by atoms with Crippen molar-refractivity contribution in [2.75, 3.05) is 19.8 Å². The summed E-state index contributed by atoms with van der Waals surface area (Å²) >= 11 is 3.47. The van der Waals surface area contributed by atoms with Gasteiger partial charge in [0.1, 0.15) is 0 Å². The van der Waals surface area contributed by atoms with E-state index in [1.54, 1.807) is 0 Å². The van der Waals surface area contributed by atoms with Crippen molar-refractivity contribution >= 4 is 15.9 Å². The Labute approximate surface area is 141 Å². The first kappa shape index (κ1) is 16.4. The highest BCUT2D eigenvalue weighted by atomic mass is 79.9. The van der Waals surface area contributed by atoms with E-state index in [2.05, 4.69) is 47.1 Å². The van der Waals surface area contributed by atoms with E-state index >= 15 is 0 Å². The largest absolute Gasteiger partial charge is 0.373 e. The highest BCUT2D eigenvalue weighted by Gasteiger charge is 2.33. The van der Waals surface area contributed by atoms with Crippen molar-refractivity contribution in [3.05, 3.63) is 34.3 Å². The number of rotatable bonds is 4. The highest BCUT2D eigenvalue weighted by molar-refractivity contribution is 9.10. The van der Waals surface area contributed by atoms with E-state index in [1.807, 2.05) is 0 Å². The van der Waals surface area contributed by atoms with Crippen LogP contribution in [0.25, 0.3) is 0 Å². The van der Waals surface area contributed by atoms with Gasteiger partial charge < -0.3 is 14.2 Å². The van der Waals surface area contributed by atoms with E-state index in [4.69, 9.17) is 14.2 Å². The van der Waals surface area contributed by atoms with Crippen molar-refractivity contribution in [3.63, 3.8) is 0 Å². The molecule has 0 radical (unpaired) electrons. The summed E-state index contributed by atoms with van der Waals surface area (Å²) < 4.78 is 19.0. The molecule has 0 bridgehead atoms. The molecule has 0 aromatic heterocycles. The molecule has 4 heteroatoms. The Balaban J connectivity index is 1.47. The molecule has 2 fully saturated rings. The molecule has 0 aliphatic carbocycles. The van der Waals surface area contributed by atoms with Crippen LogP contribution in [-0.4, -0.2) is 26.1 Å². The molecule has 0 amide bonds. The average molecular weight is 369 g/mol. The summed E-state index contributed by atoms with van der Waals surface area (Å²) in [5.41, 5.74) is 1.26. The Morgan fingerprint density at radius 1 is 1.00 bits per heavy atom. The summed E-state index contributed by atoms with van der Waals surface area (Å²) in [5, 5.41) is 0. The van der Waals surface area contributed by atoms with Crippen LogP contribution in [0.1, 0.15) is 44.3 Å². The van der Waals surface area contributed by atoms with Crippen LogP contribution < -0.4 is 0 Å². The summed E-state index contributed by atoms with van der Waals surface area (Å²) in [6, 6.07) is 8.42. The number of hydrogen-bond acceptors (Lipinski definition) is 3. The molecule has 2 atom stereocenters. The van der Waals surface area contributed by atoms with Crippen LogP contribution in [0, 0.1) is 11.8 Å². The second-order valence-corrected chi connectivity index (χ2v) is 7.32. The highest BCUT2D eigenvalue weighted by Crippen LogP contribution is 2.34. The first-order chi connectivity index (χ1) is 10.8. The number of ether oxygens (including phenoxy) is 3. The van der Waals surface area contributed by atoms with Crippen molar-refractivity contribution in [1.29, 1.82) is 0 Å². The fourth-order valence-electron chi connectivity index (χ4n) is 3.33. The minimum Gasteiger partial charge on any atom is -0.373 e. The zero-order valence-corrected chi connectivity index (χ0v) is 14.8. The van der Waals surface area contributed by atoms with Crippen LogP contribution in [0.15, 0.2) is 28.7 Å². The lowest BCUT2D eigenvalue weighted by Crippen LogP contribution is -2.40. The minimum atomic E-state index is -0.0704. The van der Waals surface area contributed by atoms with Gasteiger partial charge in [0.05, 0.1) is 25.9 Å². The van der Waals surface area contributed by atoms with Crippen LogP contribution in [0.5, 0.6) is 0 Å². The van der Waals surface area contributed by atoms with Crippen LogP contribution in [0.4, 0.5) is 0 Å². The Hall–Kier alpha value is -0.420. The molecule has 0 unspecified atom stereocenters. The SMILES string of the molecule is CCCC1COC([C@H]2CC[C@H](c3ccc(Br)cc3)OC2)OC1. The van der Waals surface area contributed by atoms with E-state index in [9.17, 15) is 0 Å². The third-order valence-electron chi connectivity index (χ3n) is 4.63. The van der Waals surface area contributed by atoms with Gasteiger partial charge in [-0.1, -0.05) is 41.4 Å². The van der Waals surface area contributed by atoms with Gasteiger partial charge in [0, 0.05) is 16.3 Å². The van der Waals surface area contributed by atoms with E-state index in [0.29, 0.717) is 11.8 Å². The van der Waals surface area contributed by atoms with E-state index in [1.165, 1.54) is 18.4 Å². The third-order valence-corrected chi connectivity index (χ3v) is 5.16. The predicted molar refractivity (Wildman–Crippen MR) is 89.6 cm³/mol. The zero-order chi connectivity index (χ0) is 15.4. The van der Waals surface area contributed by atoms with Crippen LogP contribution in [-0.2, 0) is 14.2 Å². The van der Waals surface area contributed by atoms with Gasteiger partial charge in [0.25, 0.3) is 0 Å². The quantitative estimate of drug-likeness (QED) is 0.770. The van der Waals surface area contributed by atoms with Gasteiger partial charge in [-0.3, -0.25) is 0 Å². The van der Waals surface area contributed by atoms with Gasteiger partial charge in [-0.2, -0.15) is 0 Å². The van der Waals surface area contributed by atoms with Crippen LogP contribution in [0.2, 0.25) is 0 Å². The summed E-state index contributed by atoms with van der Waals surface area (Å²) in [4.78, 5) is 0. The zero-order valence-electron chi connectivity index (χ0n) is 13.2. The molecule has 2 saturated heterocycles. The number of halogens is 1. The maximum Gasteiger partial charge on any atom is 0.162 e. The lowest BCUT2D eigenvalue weighted by atomic mass is 9.93. The molecule has 0 N–H and O–H groups in total. The van der Waals surface area contributed by atoms with Gasteiger partial charge in [-0.25, -0.2) is 0 Å². The third kappa shape index (κ3) is 4.10. The summed E-state index contributed by atoms with van der Waals surface area (Å²) in [6.45, 7) is 4.61. The molecule has 0 saturated carbocycles. The first-order valence-corrected chi connectivity index (χ1v) is 9.16. The average Bonchev–Trinajstić information content (AvgIpc) is 2.57. The summed E-state index contributed by atoms with van der Waals surface area (Å²) in [6.07, 6.45) is 4.67. The molecule has 3 nitrogen and oxygen atoms in total. The maximum atomic E-state index is 6.07. The van der Waals surface area contributed by atoms with E-state index in [0.717, 1.165) is 37.1 Å². The summed E-state index contributed by atoms with van der Waals surface area (Å²) in [5.74, 6) is 0.940. The van der Waals surface area contributed by atoms with Crippen molar-refractivity contribution in [1.82, 2.24) is 0 Å². The second kappa shape index (κ2) is 7.91. The molecule has 3 rings (SSSR count). The number of hydrogen-bond donors (Lipinski definition) is 0. The molecule has 2 aliphatic rings. The lowest BCUT2D eigenvalue weighted by Gasteiger charge is -2.37. The van der Waals surface area contributed by atoms with Crippen LogP contribution in [0.3, 0.4) is 0 Å². The van der Waals surface area contributed by atoms with Gasteiger partial charge in [-0.05, 0) is 37.0 Å². The molecule has 2 heterocycles. The monoisotopic (exact) mass is 368 g/mol. The maximum absolute atomic E-state index is 6.07. The molecule has 122 valence electrons. The standard InChI is InChI=1S/C18H25BrO3/c1-2-3-13-10-21-18(22-11-13)15-6-9-17(20-12-15)14-4-7-16(19)8-5-14/h4-5,7-8,13,15,17-18H,2-3,6,9-12H2,1H3/t13?,15-,17+,18?/m0/s1. The van der Waals surface area contributed by atoms with Crippen molar-refractivity contribution in [2.45, 2.75) is 45.0 Å². The van der Waals surface area contributed by atoms with Crippen molar-refractivity contribution in [2.24, 2.45) is 11.8 Å². The molecular weight excluding hydrogens is 344 g/mol. The molecule has 1 aromatic carbocycles. The fourth-order valence-corrected chi connectivity index (χ4v) is 3.60. The van der Waals surface area contributed by atoms with Gasteiger partial charge in [0.2, 0.25) is 0 Å². The van der Waals surface area contributed by atoms with Gasteiger partial charge >= 0.3 is 0 Å². The van der Waals surface area contributed by atoms with Crippen molar-refractivity contribution in [3.8, 4) is 0 Å². The predicted octanol–water partition coefficient (Wildman–Crippen LogP) is 4.71. The van der Waals surface area contributed by atoms with E-state index in [-0.39, 0.29) is 12.4 Å². The minimum absolute atomic E-state index is 0.0704. The normalized spacial score (nSPS) is 32.8. The Morgan fingerprint density at radius 3 is 2.32 bits per heavy atom. The van der Waals surface area contributed by atoms with E-state index < -0.39 is 0 Å². The lowest BCUT2D eigenvalue weighted by molar-refractivity contribution is -0.241. The molecular formula is C18H25BrO3. The topological polar surface area (TPSA) is 27.7 Å². The Bertz CT molecular complexity index is 446. The molecule has 2 aliphatic heterocycles. The van der Waals surface area contributed by atoms with Gasteiger partial charge in [0.15, 0.2) is 6.29 Å².